The summed E-state index contributed by atoms with van der Waals surface area (Å²) in [6.45, 7) is 0.0246. The number of hydrogen-bond acceptors (Lipinski definition) is 4. The zero-order chi connectivity index (χ0) is 19.8. The number of nitrogens with zero attached hydrogens (tertiary/aromatic N) is 1. The molecule has 27 heavy (non-hydrogen) atoms. The topological polar surface area (TPSA) is 71.3 Å². The lowest BCUT2D eigenvalue weighted by Crippen LogP contribution is -2.13. The van der Waals surface area contributed by atoms with E-state index in [0.29, 0.717) is 22.0 Å². The van der Waals surface area contributed by atoms with E-state index in [0.717, 1.165) is 0 Å². The van der Waals surface area contributed by atoms with Gasteiger partial charge in [-0.2, -0.15) is 5.26 Å². The highest BCUT2D eigenvalue weighted by molar-refractivity contribution is 6.32. The van der Waals surface area contributed by atoms with Crippen LogP contribution in [0.15, 0.2) is 42.0 Å². The quantitative estimate of drug-likeness (QED) is 0.438. The normalized spacial score (nSPS) is 10.5. The zero-order valence-corrected chi connectivity index (χ0v) is 15.8. The van der Waals surface area contributed by atoms with Gasteiger partial charge in [-0.1, -0.05) is 35.2 Å². The van der Waals surface area contributed by atoms with Crippen molar-refractivity contribution >= 4 is 40.9 Å². The summed E-state index contributed by atoms with van der Waals surface area (Å²) in [6, 6.07) is 11.6. The summed E-state index contributed by atoms with van der Waals surface area (Å²) in [5, 5.41) is 12.7. The van der Waals surface area contributed by atoms with Crippen LogP contribution in [0.1, 0.15) is 5.56 Å². The minimum atomic E-state index is -0.581. The third kappa shape index (κ3) is 5.43. The van der Waals surface area contributed by atoms with Crippen molar-refractivity contribution in [2.75, 3.05) is 19.0 Å². The van der Waals surface area contributed by atoms with Crippen LogP contribution in [0.25, 0.3) is 6.08 Å². The van der Waals surface area contributed by atoms with Crippen molar-refractivity contribution in [3.63, 3.8) is 0 Å². The highest BCUT2D eigenvalue weighted by atomic mass is 35.5. The first kappa shape index (κ1) is 20.2. The van der Waals surface area contributed by atoms with Gasteiger partial charge in [0.05, 0.1) is 12.1 Å². The highest BCUT2D eigenvalue weighted by Gasteiger charge is 2.14. The summed E-state index contributed by atoms with van der Waals surface area (Å²) < 4.78 is 10.6. The fourth-order valence-electron chi connectivity index (χ4n) is 2.16. The second kappa shape index (κ2) is 9.54. The molecule has 136 valence electrons. The molecule has 7 heteroatoms. The zero-order valence-electron chi connectivity index (χ0n) is 14.3. The Bertz CT molecular complexity index is 972. The van der Waals surface area contributed by atoms with E-state index >= 15 is 0 Å². The Labute approximate surface area is 167 Å². The molecule has 0 radical (unpaired) electrons. The van der Waals surface area contributed by atoms with Crippen LogP contribution in [0.4, 0.5) is 5.69 Å². The molecule has 0 atom stereocenters. The van der Waals surface area contributed by atoms with Crippen LogP contribution in [0.2, 0.25) is 10.0 Å². The molecule has 0 fully saturated rings. The lowest BCUT2D eigenvalue weighted by atomic mass is 10.1. The molecule has 1 N–H and O–H groups in total. The molecule has 0 saturated carbocycles. The second-order valence-electron chi connectivity index (χ2n) is 5.16. The molecule has 0 bridgehead atoms. The van der Waals surface area contributed by atoms with Crippen molar-refractivity contribution < 1.29 is 14.3 Å². The van der Waals surface area contributed by atoms with E-state index in [4.69, 9.17) is 39.1 Å². The summed E-state index contributed by atoms with van der Waals surface area (Å²) in [7, 11) is 1.44. The van der Waals surface area contributed by atoms with Gasteiger partial charge in [0.25, 0.3) is 5.91 Å². The average Bonchev–Trinajstić information content (AvgIpc) is 2.64. The molecule has 0 spiro atoms. The molecule has 2 rings (SSSR count). The number of carbonyl (C=O) groups excluding carboxylic acids is 1. The molecule has 0 heterocycles. The number of hydrogen-bond donors (Lipinski definition) is 1. The minimum Gasteiger partial charge on any atom is -0.493 e. The van der Waals surface area contributed by atoms with Crippen molar-refractivity contribution in [1.82, 2.24) is 0 Å². The van der Waals surface area contributed by atoms with Gasteiger partial charge in [-0.3, -0.25) is 4.79 Å². The summed E-state index contributed by atoms with van der Waals surface area (Å²) in [6.07, 6.45) is 6.57. The molecule has 0 unspecified atom stereocenters. The van der Waals surface area contributed by atoms with Gasteiger partial charge in [-0.25, -0.2) is 0 Å². The van der Waals surface area contributed by atoms with Gasteiger partial charge < -0.3 is 14.8 Å². The Kier molecular flexibility index (Phi) is 7.14. The van der Waals surface area contributed by atoms with Gasteiger partial charge in [-0.05, 0) is 42.0 Å². The molecule has 0 saturated heterocycles. The molecule has 5 nitrogen and oxygen atoms in total. The molecule has 0 aliphatic rings. The van der Waals surface area contributed by atoms with Crippen molar-refractivity contribution in [3.05, 3.63) is 57.6 Å². The number of ether oxygens (including phenoxy) is 2. The molecule has 0 aromatic heterocycles. The molecule has 2 aromatic rings. The van der Waals surface area contributed by atoms with Gasteiger partial charge >= 0.3 is 0 Å². The predicted octanol–water partition coefficient (Wildman–Crippen LogP) is 4.56. The first-order chi connectivity index (χ1) is 13.0. The van der Waals surface area contributed by atoms with Crippen LogP contribution in [0, 0.1) is 23.7 Å². The fraction of sp³-hybridized carbons (Fsp3) is 0.100. The Morgan fingerprint density at radius 1 is 1.33 bits per heavy atom. The van der Waals surface area contributed by atoms with Crippen LogP contribution in [0.3, 0.4) is 0 Å². The van der Waals surface area contributed by atoms with E-state index in [1.807, 2.05) is 6.07 Å². The van der Waals surface area contributed by atoms with Crippen molar-refractivity contribution in [1.29, 1.82) is 5.26 Å². The molecular weight excluding hydrogens is 387 g/mol. The molecule has 1 amide bonds. The Hall–Kier alpha value is -3.12. The molecule has 2 aromatic carbocycles. The van der Waals surface area contributed by atoms with E-state index in [-0.39, 0.29) is 23.0 Å². The van der Waals surface area contributed by atoms with E-state index < -0.39 is 5.91 Å². The van der Waals surface area contributed by atoms with E-state index in [1.54, 1.807) is 36.4 Å². The number of rotatable bonds is 6. The first-order valence-corrected chi connectivity index (χ1v) is 8.36. The number of terminal acetylenes is 1. The SMILES string of the molecule is C#CCOc1c(Cl)cc(/C=C(\C#N)C(=O)Nc2cccc(Cl)c2)cc1OC. The van der Waals surface area contributed by atoms with E-state index in [1.165, 1.54) is 13.2 Å². The van der Waals surface area contributed by atoms with Gasteiger partial charge in [0, 0.05) is 10.7 Å². The summed E-state index contributed by atoms with van der Waals surface area (Å²) >= 11 is 12.1. The molecule has 0 aliphatic carbocycles. The molecule has 0 aliphatic heterocycles. The van der Waals surface area contributed by atoms with Crippen LogP contribution < -0.4 is 14.8 Å². The lowest BCUT2D eigenvalue weighted by molar-refractivity contribution is -0.112. The minimum absolute atomic E-state index is 0.0246. The van der Waals surface area contributed by atoms with E-state index in [2.05, 4.69) is 11.2 Å². The number of nitriles is 1. The summed E-state index contributed by atoms with van der Waals surface area (Å²) in [5.74, 6) is 2.38. The van der Waals surface area contributed by atoms with Gasteiger partial charge in [0.15, 0.2) is 11.5 Å². The van der Waals surface area contributed by atoms with Crippen LogP contribution in [0.5, 0.6) is 11.5 Å². The largest absolute Gasteiger partial charge is 0.493 e. The maximum atomic E-state index is 12.4. The Balaban J connectivity index is 2.31. The number of benzene rings is 2. The number of amides is 1. The van der Waals surface area contributed by atoms with Gasteiger partial charge in [-0.15, -0.1) is 6.42 Å². The predicted molar refractivity (Wildman–Crippen MR) is 106 cm³/mol. The maximum absolute atomic E-state index is 12.4. The highest BCUT2D eigenvalue weighted by Crippen LogP contribution is 2.37. The standard InChI is InChI=1S/C20H14Cl2N2O3/c1-3-7-27-19-17(22)9-13(10-18(19)26-2)8-14(12-23)20(25)24-16-6-4-5-15(21)11-16/h1,4-6,8-11H,7H2,2H3,(H,24,25)/b14-8+. The van der Waals surface area contributed by atoms with E-state index in [9.17, 15) is 10.1 Å². The maximum Gasteiger partial charge on any atom is 0.266 e. The van der Waals surface area contributed by atoms with Gasteiger partial charge in [0.1, 0.15) is 18.2 Å². The number of carbonyl (C=O) groups is 1. The van der Waals surface area contributed by atoms with Crippen molar-refractivity contribution in [2.45, 2.75) is 0 Å². The number of nitrogens with one attached hydrogen (secondary N) is 1. The second-order valence-corrected chi connectivity index (χ2v) is 6.00. The third-order valence-electron chi connectivity index (χ3n) is 3.31. The first-order valence-electron chi connectivity index (χ1n) is 7.61. The fourth-order valence-corrected chi connectivity index (χ4v) is 2.62. The van der Waals surface area contributed by atoms with Crippen molar-refractivity contribution in [2.24, 2.45) is 0 Å². The summed E-state index contributed by atoms with van der Waals surface area (Å²) in [4.78, 5) is 12.4. The summed E-state index contributed by atoms with van der Waals surface area (Å²) in [5.41, 5.74) is 0.843. The van der Waals surface area contributed by atoms with Crippen LogP contribution in [-0.4, -0.2) is 19.6 Å². The monoisotopic (exact) mass is 400 g/mol. The van der Waals surface area contributed by atoms with Crippen LogP contribution in [-0.2, 0) is 4.79 Å². The van der Waals surface area contributed by atoms with Crippen LogP contribution >= 0.6 is 23.2 Å². The lowest BCUT2D eigenvalue weighted by Gasteiger charge is -2.12. The number of methoxy groups -OCH3 is 1. The average molecular weight is 401 g/mol. The number of anilines is 1. The smallest absolute Gasteiger partial charge is 0.266 e. The number of halogens is 2. The van der Waals surface area contributed by atoms with Crippen molar-refractivity contribution in [3.8, 4) is 29.9 Å². The molecular formula is C20H14Cl2N2O3. The van der Waals surface area contributed by atoms with Gasteiger partial charge in [0.2, 0.25) is 0 Å². The Morgan fingerprint density at radius 3 is 2.74 bits per heavy atom. The Morgan fingerprint density at radius 2 is 2.11 bits per heavy atom. The third-order valence-corrected chi connectivity index (χ3v) is 3.83.